The molecule has 2 rings (SSSR count). The van der Waals surface area contributed by atoms with Crippen molar-refractivity contribution in [3.05, 3.63) is 22.2 Å². The zero-order valence-corrected chi connectivity index (χ0v) is 16.4. The lowest BCUT2D eigenvalue weighted by atomic mass is 10.2. The van der Waals surface area contributed by atoms with Gasteiger partial charge < -0.3 is 19.1 Å². The molecule has 1 aromatic carbocycles. The van der Waals surface area contributed by atoms with Crippen LogP contribution in [-0.4, -0.2) is 50.2 Å². The van der Waals surface area contributed by atoms with E-state index in [1.54, 1.807) is 24.0 Å². The summed E-state index contributed by atoms with van der Waals surface area (Å²) in [7, 11) is 3.00. The van der Waals surface area contributed by atoms with Gasteiger partial charge >= 0.3 is 5.97 Å². The van der Waals surface area contributed by atoms with Crippen molar-refractivity contribution in [2.45, 2.75) is 38.7 Å². The van der Waals surface area contributed by atoms with Gasteiger partial charge in [0.05, 0.1) is 19.8 Å². The number of rotatable bonds is 5. The van der Waals surface area contributed by atoms with Gasteiger partial charge in [0, 0.05) is 13.1 Å². The Balaban J connectivity index is 2.09. The van der Waals surface area contributed by atoms with Crippen LogP contribution in [0.2, 0.25) is 0 Å². The van der Waals surface area contributed by atoms with E-state index in [0.717, 1.165) is 38.8 Å². The van der Waals surface area contributed by atoms with Crippen LogP contribution in [0.5, 0.6) is 11.5 Å². The van der Waals surface area contributed by atoms with E-state index in [1.807, 2.05) is 0 Å². The molecule has 0 saturated carbocycles. The maximum atomic E-state index is 12.5. The van der Waals surface area contributed by atoms with Gasteiger partial charge in [-0.2, -0.15) is 0 Å². The number of carbonyl (C=O) groups excluding carboxylic acids is 2. The Morgan fingerprint density at radius 3 is 2.04 bits per heavy atom. The molecule has 0 N–H and O–H groups in total. The summed E-state index contributed by atoms with van der Waals surface area (Å²) in [5.41, 5.74) is 0.271. The minimum absolute atomic E-state index is 0.147. The van der Waals surface area contributed by atoms with Gasteiger partial charge in [-0.05, 0) is 47.8 Å². The lowest BCUT2D eigenvalue weighted by Gasteiger charge is -2.24. The Labute approximate surface area is 156 Å². The molecule has 1 amide bonds. The average Bonchev–Trinajstić information content (AvgIpc) is 2.90. The van der Waals surface area contributed by atoms with Crippen LogP contribution >= 0.6 is 15.9 Å². The molecule has 138 valence electrons. The first kappa shape index (κ1) is 19.6. The lowest BCUT2D eigenvalue weighted by molar-refractivity contribution is -0.139. The van der Waals surface area contributed by atoms with Crippen molar-refractivity contribution in [2.24, 2.45) is 0 Å². The van der Waals surface area contributed by atoms with Crippen LogP contribution < -0.4 is 9.47 Å². The second-order valence-electron chi connectivity index (χ2n) is 5.98. The standard InChI is InChI=1S/C18H24BrNO5/c1-12(17(21)20-8-6-4-5-7-9-20)25-18(22)13-10-14(23-2)16(19)15(11-13)24-3/h10-12H,4-9H2,1-3H3/t12-/m1/s1. The molecule has 1 aliphatic heterocycles. The van der Waals surface area contributed by atoms with E-state index in [9.17, 15) is 9.59 Å². The van der Waals surface area contributed by atoms with Gasteiger partial charge in [-0.15, -0.1) is 0 Å². The summed E-state index contributed by atoms with van der Waals surface area (Å²) in [4.78, 5) is 26.7. The highest BCUT2D eigenvalue weighted by Gasteiger charge is 2.25. The molecule has 1 atom stereocenters. The molecule has 1 heterocycles. The van der Waals surface area contributed by atoms with E-state index >= 15 is 0 Å². The monoisotopic (exact) mass is 413 g/mol. The van der Waals surface area contributed by atoms with Crippen LogP contribution in [0.3, 0.4) is 0 Å². The van der Waals surface area contributed by atoms with E-state index in [4.69, 9.17) is 14.2 Å². The number of nitrogens with zero attached hydrogens (tertiary/aromatic N) is 1. The summed E-state index contributed by atoms with van der Waals surface area (Å²) in [5, 5.41) is 0. The average molecular weight is 414 g/mol. The second kappa shape index (κ2) is 9.08. The summed E-state index contributed by atoms with van der Waals surface area (Å²) >= 11 is 3.36. The Bertz CT molecular complexity index is 601. The highest BCUT2D eigenvalue weighted by Crippen LogP contribution is 2.35. The van der Waals surface area contributed by atoms with Crippen molar-refractivity contribution >= 4 is 27.8 Å². The van der Waals surface area contributed by atoms with Gasteiger partial charge in [0.2, 0.25) is 0 Å². The topological polar surface area (TPSA) is 65.1 Å². The maximum absolute atomic E-state index is 12.5. The molecule has 0 aliphatic carbocycles. The van der Waals surface area contributed by atoms with Crippen molar-refractivity contribution in [1.82, 2.24) is 4.90 Å². The number of amides is 1. The second-order valence-corrected chi connectivity index (χ2v) is 6.77. The number of hydrogen-bond donors (Lipinski definition) is 0. The summed E-state index contributed by atoms with van der Waals surface area (Å²) in [6.45, 7) is 3.06. The minimum atomic E-state index is -0.828. The van der Waals surface area contributed by atoms with Crippen molar-refractivity contribution in [3.63, 3.8) is 0 Å². The predicted octanol–water partition coefficient (Wildman–Crippen LogP) is 3.41. The van der Waals surface area contributed by atoms with E-state index in [-0.39, 0.29) is 11.5 Å². The molecule has 6 nitrogen and oxygen atoms in total. The third-order valence-electron chi connectivity index (χ3n) is 4.23. The summed E-state index contributed by atoms with van der Waals surface area (Å²) < 4.78 is 16.4. The highest BCUT2D eigenvalue weighted by molar-refractivity contribution is 9.10. The van der Waals surface area contributed by atoms with E-state index < -0.39 is 12.1 Å². The van der Waals surface area contributed by atoms with Crippen LogP contribution in [0.25, 0.3) is 0 Å². The van der Waals surface area contributed by atoms with Gasteiger partial charge in [-0.25, -0.2) is 4.79 Å². The van der Waals surface area contributed by atoms with Gasteiger partial charge in [-0.3, -0.25) is 4.79 Å². The first-order valence-corrected chi connectivity index (χ1v) is 9.18. The number of likely N-dealkylation sites (tertiary alicyclic amines) is 1. The van der Waals surface area contributed by atoms with Crippen molar-refractivity contribution < 1.29 is 23.8 Å². The number of methoxy groups -OCH3 is 2. The Hall–Kier alpha value is -1.76. The summed E-state index contributed by atoms with van der Waals surface area (Å²) in [6.07, 6.45) is 3.43. The van der Waals surface area contributed by atoms with Crippen LogP contribution in [0.15, 0.2) is 16.6 Å². The number of halogens is 1. The van der Waals surface area contributed by atoms with Crippen LogP contribution in [0.4, 0.5) is 0 Å². The SMILES string of the molecule is COc1cc(C(=O)O[C@H](C)C(=O)N2CCCCCC2)cc(OC)c1Br. The van der Waals surface area contributed by atoms with Gasteiger partial charge in [0.15, 0.2) is 6.10 Å². The zero-order chi connectivity index (χ0) is 18.4. The molecule has 0 bridgehead atoms. The molecule has 0 spiro atoms. The normalized spacial score (nSPS) is 15.9. The van der Waals surface area contributed by atoms with E-state index in [0.29, 0.717) is 16.0 Å². The van der Waals surface area contributed by atoms with Crippen molar-refractivity contribution in [3.8, 4) is 11.5 Å². The fourth-order valence-electron chi connectivity index (χ4n) is 2.81. The number of hydrogen-bond acceptors (Lipinski definition) is 5. The molecule has 1 saturated heterocycles. The molecular formula is C18H24BrNO5. The highest BCUT2D eigenvalue weighted by atomic mass is 79.9. The van der Waals surface area contributed by atoms with Gasteiger partial charge in [0.25, 0.3) is 5.91 Å². The number of ether oxygens (including phenoxy) is 3. The van der Waals surface area contributed by atoms with E-state index in [2.05, 4.69) is 15.9 Å². The van der Waals surface area contributed by atoms with Crippen molar-refractivity contribution in [1.29, 1.82) is 0 Å². The first-order valence-electron chi connectivity index (χ1n) is 8.39. The fourth-order valence-corrected chi connectivity index (χ4v) is 3.37. The largest absolute Gasteiger partial charge is 0.495 e. The molecule has 1 fully saturated rings. The molecule has 1 aromatic rings. The van der Waals surface area contributed by atoms with Crippen LogP contribution in [-0.2, 0) is 9.53 Å². The van der Waals surface area contributed by atoms with Gasteiger partial charge in [0.1, 0.15) is 16.0 Å². The first-order chi connectivity index (χ1) is 12.0. The summed E-state index contributed by atoms with van der Waals surface area (Å²) in [6, 6.07) is 3.11. The Kier molecular flexibility index (Phi) is 7.11. The quantitative estimate of drug-likeness (QED) is 0.691. The van der Waals surface area contributed by atoms with Crippen LogP contribution in [0, 0.1) is 0 Å². The van der Waals surface area contributed by atoms with Crippen molar-refractivity contribution in [2.75, 3.05) is 27.3 Å². The van der Waals surface area contributed by atoms with Crippen LogP contribution in [0.1, 0.15) is 43.0 Å². The lowest BCUT2D eigenvalue weighted by Crippen LogP contribution is -2.40. The molecule has 25 heavy (non-hydrogen) atoms. The zero-order valence-electron chi connectivity index (χ0n) is 14.8. The number of benzene rings is 1. The molecule has 0 unspecified atom stereocenters. The van der Waals surface area contributed by atoms with E-state index in [1.165, 1.54) is 14.2 Å². The molecule has 0 radical (unpaired) electrons. The minimum Gasteiger partial charge on any atom is -0.495 e. The smallest absolute Gasteiger partial charge is 0.339 e. The maximum Gasteiger partial charge on any atom is 0.339 e. The number of esters is 1. The number of carbonyl (C=O) groups is 2. The predicted molar refractivity (Wildman–Crippen MR) is 97.2 cm³/mol. The Morgan fingerprint density at radius 1 is 1.04 bits per heavy atom. The fraction of sp³-hybridized carbons (Fsp3) is 0.556. The Morgan fingerprint density at radius 2 is 1.56 bits per heavy atom. The van der Waals surface area contributed by atoms with Gasteiger partial charge in [-0.1, -0.05) is 12.8 Å². The summed E-state index contributed by atoms with van der Waals surface area (Å²) in [5.74, 6) is 0.182. The molecule has 0 aromatic heterocycles. The molecule has 7 heteroatoms. The third kappa shape index (κ3) is 4.87. The third-order valence-corrected chi connectivity index (χ3v) is 5.01. The molecule has 1 aliphatic rings. The molecular weight excluding hydrogens is 390 g/mol.